The molecule has 2 unspecified atom stereocenters. The van der Waals surface area contributed by atoms with Gasteiger partial charge in [-0.2, -0.15) is 11.8 Å². The Hall–Kier alpha value is -0.800. The van der Waals surface area contributed by atoms with Crippen molar-refractivity contribution in [2.24, 2.45) is 0 Å². The van der Waals surface area contributed by atoms with Crippen LogP contribution in [0.15, 0.2) is 0 Å². The lowest BCUT2D eigenvalue weighted by atomic mass is 10.1. The van der Waals surface area contributed by atoms with Gasteiger partial charge in [0.2, 0.25) is 5.91 Å². The minimum Gasteiger partial charge on any atom is -0.481 e. The lowest BCUT2D eigenvalue weighted by Gasteiger charge is -2.36. The molecule has 0 aromatic carbocycles. The summed E-state index contributed by atoms with van der Waals surface area (Å²) in [6, 6.07) is -0.662. The monoisotopic (exact) mass is 336 g/mol. The molecule has 2 saturated heterocycles. The SMILES string of the molecule is O=C(O)CC1CS(=O)(=O)CCN1C(=O)CC1CSCCN1. The smallest absolute Gasteiger partial charge is 0.305 e. The van der Waals surface area contributed by atoms with Crippen molar-refractivity contribution in [1.29, 1.82) is 0 Å². The van der Waals surface area contributed by atoms with Crippen molar-refractivity contribution in [1.82, 2.24) is 10.2 Å². The number of amides is 1. The van der Waals surface area contributed by atoms with E-state index >= 15 is 0 Å². The Labute approximate surface area is 128 Å². The van der Waals surface area contributed by atoms with Gasteiger partial charge in [-0.1, -0.05) is 0 Å². The number of aliphatic carboxylic acids is 1. The van der Waals surface area contributed by atoms with Crippen molar-refractivity contribution < 1.29 is 23.1 Å². The van der Waals surface area contributed by atoms with Crippen molar-refractivity contribution in [3.63, 3.8) is 0 Å². The van der Waals surface area contributed by atoms with E-state index in [1.165, 1.54) is 4.90 Å². The van der Waals surface area contributed by atoms with Crippen LogP contribution in [-0.2, 0) is 19.4 Å². The number of rotatable bonds is 4. The summed E-state index contributed by atoms with van der Waals surface area (Å²) in [5, 5.41) is 12.2. The second-order valence-electron chi connectivity index (χ2n) is 5.38. The average Bonchev–Trinajstić information content (AvgIpc) is 2.38. The molecule has 0 aromatic heterocycles. The number of hydrogen-bond acceptors (Lipinski definition) is 6. The van der Waals surface area contributed by atoms with Crippen LogP contribution in [0, 0.1) is 0 Å². The first-order chi connectivity index (χ1) is 9.87. The molecule has 0 aromatic rings. The fourth-order valence-electron chi connectivity index (χ4n) is 2.66. The van der Waals surface area contributed by atoms with Crippen LogP contribution in [-0.4, -0.2) is 78.5 Å². The molecule has 2 heterocycles. The number of carboxylic acids is 1. The third kappa shape index (κ3) is 4.86. The predicted octanol–water partition coefficient (Wildman–Crippen LogP) is -0.818. The van der Waals surface area contributed by atoms with Gasteiger partial charge in [-0.05, 0) is 0 Å². The number of sulfone groups is 1. The van der Waals surface area contributed by atoms with Gasteiger partial charge < -0.3 is 15.3 Å². The van der Waals surface area contributed by atoms with Crippen LogP contribution in [0.1, 0.15) is 12.8 Å². The van der Waals surface area contributed by atoms with Gasteiger partial charge >= 0.3 is 5.97 Å². The summed E-state index contributed by atoms with van der Waals surface area (Å²) in [4.78, 5) is 24.7. The number of nitrogens with one attached hydrogen (secondary N) is 1. The molecular weight excluding hydrogens is 316 g/mol. The Morgan fingerprint density at radius 1 is 1.33 bits per heavy atom. The highest BCUT2D eigenvalue weighted by Crippen LogP contribution is 2.18. The summed E-state index contributed by atoms with van der Waals surface area (Å²) < 4.78 is 23.3. The van der Waals surface area contributed by atoms with Crippen molar-refractivity contribution >= 4 is 33.5 Å². The van der Waals surface area contributed by atoms with Crippen molar-refractivity contribution in [2.75, 3.05) is 36.1 Å². The standard InChI is InChI=1S/C12H20N2O5S2/c15-11(5-9-7-20-3-1-13-9)14-2-4-21(18,19)8-10(14)6-12(16)17/h9-10,13H,1-8H2,(H,16,17). The van der Waals surface area contributed by atoms with Crippen LogP contribution < -0.4 is 5.32 Å². The van der Waals surface area contributed by atoms with Gasteiger partial charge in [0.05, 0.1) is 24.0 Å². The van der Waals surface area contributed by atoms with Crippen LogP contribution >= 0.6 is 11.8 Å². The zero-order valence-corrected chi connectivity index (χ0v) is 13.3. The summed E-state index contributed by atoms with van der Waals surface area (Å²) in [6.07, 6.45) is -0.0268. The molecule has 0 spiro atoms. The highest BCUT2D eigenvalue weighted by atomic mass is 32.2. The van der Waals surface area contributed by atoms with Gasteiger partial charge in [0.15, 0.2) is 9.84 Å². The second kappa shape index (κ2) is 6.97. The molecule has 120 valence electrons. The molecule has 2 rings (SSSR count). The van der Waals surface area contributed by atoms with Crippen molar-refractivity contribution in [3.05, 3.63) is 0 Å². The number of thioether (sulfide) groups is 1. The Balaban J connectivity index is 2.00. The fourth-order valence-corrected chi connectivity index (χ4v) is 5.14. The molecule has 0 saturated carbocycles. The van der Waals surface area contributed by atoms with E-state index in [-0.39, 0.29) is 36.4 Å². The quantitative estimate of drug-likeness (QED) is 0.691. The highest BCUT2D eigenvalue weighted by molar-refractivity contribution is 7.99. The molecule has 2 aliphatic rings. The lowest BCUT2D eigenvalue weighted by molar-refractivity contribution is -0.140. The summed E-state index contributed by atoms with van der Waals surface area (Å²) in [6.45, 7) is 0.953. The van der Waals surface area contributed by atoms with E-state index in [4.69, 9.17) is 5.11 Å². The first kappa shape index (κ1) is 16.6. The Bertz CT molecular complexity index is 502. The van der Waals surface area contributed by atoms with E-state index in [9.17, 15) is 18.0 Å². The summed E-state index contributed by atoms with van der Waals surface area (Å²) >= 11 is 1.78. The maximum Gasteiger partial charge on any atom is 0.305 e. The van der Waals surface area contributed by atoms with Crippen LogP contribution in [0.2, 0.25) is 0 Å². The molecular formula is C12H20N2O5S2. The van der Waals surface area contributed by atoms with Crippen molar-refractivity contribution in [3.8, 4) is 0 Å². The second-order valence-corrected chi connectivity index (χ2v) is 8.76. The van der Waals surface area contributed by atoms with E-state index in [2.05, 4.69) is 5.32 Å². The van der Waals surface area contributed by atoms with E-state index in [1.807, 2.05) is 0 Å². The maximum absolute atomic E-state index is 12.4. The normalized spacial score (nSPS) is 29.0. The number of nitrogens with zero attached hydrogens (tertiary/aromatic N) is 1. The fraction of sp³-hybridized carbons (Fsp3) is 0.833. The largest absolute Gasteiger partial charge is 0.481 e. The Morgan fingerprint density at radius 3 is 2.71 bits per heavy atom. The summed E-state index contributed by atoms with van der Waals surface area (Å²) in [7, 11) is -3.25. The van der Waals surface area contributed by atoms with Gasteiger partial charge in [-0.3, -0.25) is 9.59 Å². The minimum absolute atomic E-state index is 0.0816. The van der Waals surface area contributed by atoms with Gasteiger partial charge in [-0.25, -0.2) is 8.42 Å². The lowest BCUT2D eigenvalue weighted by Crippen LogP contribution is -2.53. The number of hydrogen-bond donors (Lipinski definition) is 2. The van der Waals surface area contributed by atoms with Gasteiger partial charge in [0.25, 0.3) is 0 Å². The first-order valence-corrected chi connectivity index (χ1v) is 9.88. The number of carboxylic acid groups (broad SMARTS) is 1. The van der Waals surface area contributed by atoms with E-state index in [1.54, 1.807) is 11.8 Å². The molecule has 9 heteroatoms. The molecule has 2 atom stereocenters. The number of carbonyl (C=O) groups is 2. The van der Waals surface area contributed by atoms with Gasteiger partial charge in [-0.15, -0.1) is 0 Å². The maximum atomic E-state index is 12.4. The molecule has 7 nitrogen and oxygen atoms in total. The Kier molecular flexibility index (Phi) is 5.50. The molecule has 21 heavy (non-hydrogen) atoms. The van der Waals surface area contributed by atoms with Gasteiger partial charge in [0, 0.05) is 37.1 Å². The van der Waals surface area contributed by atoms with Crippen LogP contribution in [0.25, 0.3) is 0 Å². The van der Waals surface area contributed by atoms with Crippen LogP contribution in [0.4, 0.5) is 0 Å². The zero-order valence-electron chi connectivity index (χ0n) is 11.7. The molecule has 1 amide bonds. The molecule has 0 bridgehead atoms. The summed E-state index contributed by atoms with van der Waals surface area (Å²) in [5.74, 6) is 0.299. The third-order valence-electron chi connectivity index (χ3n) is 3.68. The third-order valence-corrected chi connectivity index (χ3v) is 6.51. The van der Waals surface area contributed by atoms with E-state index in [0.29, 0.717) is 6.42 Å². The predicted molar refractivity (Wildman–Crippen MR) is 80.1 cm³/mol. The highest BCUT2D eigenvalue weighted by Gasteiger charge is 2.36. The minimum atomic E-state index is -3.25. The molecule has 0 radical (unpaired) electrons. The Morgan fingerprint density at radius 2 is 2.10 bits per heavy atom. The van der Waals surface area contributed by atoms with Gasteiger partial charge in [0.1, 0.15) is 0 Å². The molecule has 2 N–H and O–H groups in total. The first-order valence-electron chi connectivity index (χ1n) is 6.90. The van der Waals surface area contributed by atoms with Crippen molar-refractivity contribution in [2.45, 2.75) is 24.9 Å². The van der Waals surface area contributed by atoms with E-state index in [0.717, 1.165) is 18.1 Å². The molecule has 2 aliphatic heterocycles. The van der Waals surface area contributed by atoms with E-state index < -0.39 is 21.8 Å². The zero-order chi connectivity index (χ0) is 15.5. The van der Waals surface area contributed by atoms with Crippen LogP contribution in [0.5, 0.6) is 0 Å². The topological polar surface area (TPSA) is 104 Å². The average molecular weight is 336 g/mol. The van der Waals surface area contributed by atoms with Crippen LogP contribution in [0.3, 0.4) is 0 Å². The molecule has 0 aliphatic carbocycles. The summed E-state index contributed by atoms with van der Waals surface area (Å²) in [5.41, 5.74) is 0. The molecule has 2 fully saturated rings. The number of carbonyl (C=O) groups excluding carboxylic acids is 1.